The van der Waals surface area contributed by atoms with Crippen molar-refractivity contribution in [2.45, 2.75) is 6.54 Å². The molecule has 0 aromatic heterocycles. The van der Waals surface area contributed by atoms with Gasteiger partial charge in [-0.25, -0.2) is 0 Å². The van der Waals surface area contributed by atoms with Crippen molar-refractivity contribution in [1.29, 1.82) is 0 Å². The first-order valence-corrected chi connectivity index (χ1v) is 7.98. The largest absolute Gasteiger partial charge is 0.369 e. The lowest BCUT2D eigenvalue weighted by Gasteiger charge is -2.25. The molecule has 0 saturated heterocycles. The van der Waals surface area contributed by atoms with E-state index < -0.39 is 0 Å². The Morgan fingerprint density at radius 2 is 1.77 bits per heavy atom. The van der Waals surface area contributed by atoms with Gasteiger partial charge in [-0.3, -0.25) is 4.79 Å². The Morgan fingerprint density at radius 3 is 2.41 bits per heavy atom. The molecular weight excluding hydrogens is 342 g/mol. The maximum Gasteiger partial charge on any atom is 0.231 e. The first-order valence-electron chi connectivity index (χ1n) is 7.18. The van der Waals surface area contributed by atoms with E-state index in [1.165, 1.54) is 5.56 Å². The summed E-state index contributed by atoms with van der Waals surface area (Å²) in [6.45, 7) is 2.52. The summed E-state index contributed by atoms with van der Waals surface area (Å²) in [7, 11) is 0. The molecule has 22 heavy (non-hydrogen) atoms. The molecule has 2 aromatic rings. The number of anilines is 1. The Labute approximate surface area is 139 Å². The van der Waals surface area contributed by atoms with Crippen molar-refractivity contribution in [2.75, 3.05) is 24.5 Å². The van der Waals surface area contributed by atoms with Crippen LogP contribution >= 0.6 is 15.9 Å². The molecule has 4 nitrogen and oxygen atoms in total. The average Bonchev–Trinajstić information content (AvgIpc) is 2.52. The van der Waals surface area contributed by atoms with Crippen LogP contribution in [0.2, 0.25) is 0 Å². The SMILES string of the molecule is NC(=O)CNCCN(Cc1ccccc1)c1ccc(Br)cc1. The number of carbonyl (C=O) groups excluding carboxylic acids is 1. The molecule has 5 heteroatoms. The third kappa shape index (κ3) is 5.50. The fourth-order valence-electron chi connectivity index (χ4n) is 2.18. The molecular formula is C17H20BrN3O. The topological polar surface area (TPSA) is 58.4 Å². The molecule has 2 rings (SSSR count). The number of rotatable bonds is 8. The van der Waals surface area contributed by atoms with Gasteiger partial charge in [-0.2, -0.15) is 0 Å². The fourth-order valence-corrected chi connectivity index (χ4v) is 2.45. The fraction of sp³-hybridized carbons (Fsp3) is 0.235. The van der Waals surface area contributed by atoms with Gasteiger partial charge in [0.05, 0.1) is 6.54 Å². The highest BCUT2D eigenvalue weighted by Crippen LogP contribution is 2.20. The molecule has 0 atom stereocenters. The minimum Gasteiger partial charge on any atom is -0.369 e. The number of hydrogen-bond donors (Lipinski definition) is 2. The van der Waals surface area contributed by atoms with Crippen LogP contribution in [-0.4, -0.2) is 25.5 Å². The minimum atomic E-state index is -0.335. The van der Waals surface area contributed by atoms with Crippen molar-refractivity contribution in [3.8, 4) is 0 Å². The van der Waals surface area contributed by atoms with Gasteiger partial charge in [-0.15, -0.1) is 0 Å². The van der Waals surface area contributed by atoms with Crippen LogP contribution in [0.4, 0.5) is 5.69 Å². The van der Waals surface area contributed by atoms with Crippen molar-refractivity contribution in [1.82, 2.24) is 5.32 Å². The first-order chi connectivity index (χ1) is 10.6. The Balaban J connectivity index is 2.03. The van der Waals surface area contributed by atoms with Gasteiger partial charge < -0.3 is 16.0 Å². The smallest absolute Gasteiger partial charge is 0.231 e. The van der Waals surface area contributed by atoms with Gasteiger partial charge in [0.25, 0.3) is 0 Å². The molecule has 0 radical (unpaired) electrons. The summed E-state index contributed by atoms with van der Waals surface area (Å²) in [5.74, 6) is -0.335. The van der Waals surface area contributed by atoms with Crippen LogP contribution in [0.3, 0.4) is 0 Å². The normalized spacial score (nSPS) is 10.4. The van der Waals surface area contributed by atoms with Gasteiger partial charge in [-0.1, -0.05) is 46.3 Å². The summed E-state index contributed by atoms with van der Waals surface area (Å²) in [4.78, 5) is 13.1. The van der Waals surface area contributed by atoms with Gasteiger partial charge in [0.15, 0.2) is 0 Å². The number of primary amides is 1. The maximum absolute atomic E-state index is 10.8. The molecule has 2 aromatic carbocycles. The summed E-state index contributed by atoms with van der Waals surface area (Å²) in [6.07, 6.45) is 0. The van der Waals surface area contributed by atoms with Crippen molar-refractivity contribution in [3.63, 3.8) is 0 Å². The molecule has 0 aliphatic rings. The minimum absolute atomic E-state index is 0.208. The van der Waals surface area contributed by atoms with E-state index in [-0.39, 0.29) is 12.5 Å². The Kier molecular flexibility index (Phi) is 6.43. The Hall–Kier alpha value is -1.85. The van der Waals surface area contributed by atoms with Gasteiger partial charge in [-0.05, 0) is 29.8 Å². The lowest BCUT2D eigenvalue weighted by atomic mass is 10.2. The van der Waals surface area contributed by atoms with Crippen LogP contribution in [0.25, 0.3) is 0 Å². The second-order valence-electron chi connectivity index (χ2n) is 5.03. The summed E-state index contributed by atoms with van der Waals surface area (Å²) in [5.41, 5.74) is 7.54. The average molecular weight is 362 g/mol. The summed E-state index contributed by atoms with van der Waals surface area (Å²) in [6, 6.07) is 18.6. The highest BCUT2D eigenvalue weighted by molar-refractivity contribution is 9.10. The van der Waals surface area contributed by atoms with E-state index in [1.54, 1.807) is 0 Å². The van der Waals surface area contributed by atoms with Crippen molar-refractivity contribution >= 4 is 27.5 Å². The molecule has 0 unspecified atom stereocenters. The second kappa shape index (κ2) is 8.56. The molecule has 0 aliphatic heterocycles. The third-order valence-corrected chi connectivity index (χ3v) is 3.79. The highest BCUT2D eigenvalue weighted by atomic mass is 79.9. The van der Waals surface area contributed by atoms with E-state index in [0.29, 0.717) is 6.54 Å². The number of nitrogens with two attached hydrogens (primary N) is 1. The number of nitrogens with zero attached hydrogens (tertiary/aromatic N) is 1. The second-order valence-corrected chi connectivity index (χ2v) is 5.94. The van der Waals surface area contributed by atoms with Gasteiger partial charge >= 0.3 is 0 Å². The van der Waals surface area contributed by atoms with Crippen LogP contribution < -0.4 is 16.0 Å². The van der Waals surface area contributed by atoms with Crippen LogP contribution in [0.15, 0.2) is 59.1 Å². The van der Waals surface area contributed by atoms with Gasteiger partial charge in [0.2, 0.25) is 5.91 Å². The first kappa shape index (κ1) is 16.5. The molecule has 0 aliphatic carbocycles. The molecule has 0 spiro atoms. The summed E-state index contributed by atoms with van der Waals surface area (Å²) in [5, 5.41) is 3.06. The number of nitrogens with one attached hydrogen (secondary N) is 1. The van der Waals surface area contributed by atoms with Crippen molar-refractivity contribution < 1.29 is 4.79 Å². The number of benzene rings is 2. The number of hydrogen-bond acceptors (Lipinski definition) is 3. The number of halogens is 1. The molecule has 116 valence electrons. The summed E-state index contributed by atoms with van der Waals surface area (Å²) >= 11 is 3.46. The molecule has 3 N–H and O–H groups in total. The zero-order valence-corrected chi connectivity index (χ0v) is 13.9. The molecule has 0 saturated carbocycles. The predicted octanol–water partition coefficient (Wildman–Crippen LogP) is 2.53. The van der Waals surface area contributed by atoms with Crippen molar-refractivity contribution in [2.24, 2.45) is 5.73 Å². The van der Waals surface area contributed by atoms with E-state index in [0.717, 1.165) is 23.2 Å². The van der Waals surface area contributed by atoms with Crippen LogP contribution in [0.1, 0.15) is 5.56 Å². The maximum atomic E-state index is 10.8. The van der Waals surface area contributed by atoms with Crippen molar-refractivity contribution in [3.05, 3.63) is 64.6 Å². The van der Waals surface area contributed by atoms with Crippen LogP contribution in [0, 0.1) is 0 Å². The van der Waals surface area contributed by atoms with Crippen LogP contribution in [0.5, 0.6) is 0 Å². The molecule has 0 fully saturated rings. The predicted molar refractivity (Wildman–Crippen MR) is 93.7 cm³/mol. The Morgan fingerprint density at radius 1 is 1.09 bits per heavy atom. The van der Waals surface area contributed by atoms with Crippen LogP contribution in [-0.2, 0) is 11.3 Å². The van der Waals surface area contributed by atoms with E-state index in [9.17, 15) is 4.79 Å². The van der Waals surface area contributed by atoms with Gasteiger partial charge in [0, 0.05) is 29.8 Å². The van der Waals surface area contributed by atoms with Gasteiger partial charge in [0.1, 0.15) is 0 Å². The lowest BCUT2D eigenvalue weighted by Crippen LogP contribution is -2.36. The standard InChI is InChI=1S/C17H20BrN3O/c18-15-6-8-16(9-7-15)21(11-10-20-12-17(19)22)13-14-4-2-1-3-5-14/h1-9,20H,10-13H2,(H2,19,22). The zero-order chi connectivity index (χ0) is 15.8. The number of carbonyl (C=O) groups is 1. The zero-order valence-electron chi connectivity index (χ0n) is 12.3. The van der Waals surface area contributed by atoms with E-state index >= 15 is 0 Å². The van der Waals surface area contributed by atoms with E-state index in [4.69, 9.17) is 5.73 Å². The molecule has 0 heterocycles. The quantitative estimate of drug-likeness (QED) is 0.710. The van der Waals surface area contributed by atoms with E-state index in [1.807, 2.05) is 30.3 Å². The third-order valence-electron chi connectivity index (χ3n) is 3.27. The number of amides is 1. The monoisotopic (exact) mass is 361 g/mol. The molecule has 1 amide bonds. The Bertz CT molecular complexity index is 587. The highest BCUT2D eigenvalue weighted by Gasteiger charge is 2.07. The van der Waals surface area contributed by atoms with E-state index in [2.05, 4.69) is 50.4 Å². The lowest BCUT2D eigenvalue weighted by molar-refractivity contribution is -0.117. The molecule has 0 bridgehead atoms. The summed E-state index contributed by atoms with van der Waals surface area (Å²) < 4.78 is 1.06.